The minimum atomic E-state index is -0.461. The van der Waals surface area contributed by atoms with Crippen molar-refractivity contribution in [1.29, 1.82) is 0 Å². The van der Waals surface area contributed by atoms with Crippen LogP contribution in [0.2, 0.25) is 0 Å². The number of halogens is 1. The summed E-state index contributed by atoms with van der Waals surface area (Å²) in [6.45, 7) is 1.91. The number of anilines is 2. The molecule has 2 aromatic carbocycles. The van der Waals surface area contributed by atoms with Gasteiger partial charge >= 0.3 is 0 Å². The summed E-state index contributed by atoms with van der Waals surface area (Å²) < 4.78 is 13.8. The Balaban J connectivity index is 1.38. The number of amides is 1. The zero-order chi connectivity index (χ0) is 20.1. The van der Waals surface area contributed by atoms with Crippen LogP contribution in [0.1, 0.15) is 28.9 Å². The van der Waals surface area contributed by atoms with E-state index >= 15 is 0 Å². The highest BCUT2D eigenvalue weighted by Crippen LogP contribution is 2.26. The lowest BCUT2D eigenvalue weighted by Crippen LogP contribution is -2.34. The molecule has 5 heteroatoms. The van der Waals surface area contributed by atoms with Crippen LogP contribution in [-0.2, 0) is 6.42 Å². The Labute approximate surface area is 170 Å². The molecule has 1 amide bonds. The van der Waals surface area contributed by atoms with Crippen LogP contribution in [0.5, 0.6) is 0 Å². The Morgan fingerprint density at radius 3 is 2.52 bits per heavy atom. The van der Waals surface area contributed by atoms with Crippen LogP contribution < -0.4 is 10.2 Å². The fourth-order valence-electron chi connectivity index (χ4n) is 3.83. The van der Waals surface area contributed by atoms with E-state index in [4.69, 9.17) is 0 Å². The van der Waals surface area contributed by atoms with E-state index in [1.807, 2.05) is 6.07 Å². The summed E-state index contributed by atoms with van der Waals surface area (Å²) in [5, 5.41) is 2.60. The molecule has 0 atom stereocenters. The molecule has 1 saturated heterocycles. The number of nitrogens with zero attached hydrogens (tertiary/aromatic N) is 2. The zero-order valence-electron chi connectivity index (χ0n) is 16.2. The third-order valence-electron chi connectivity index (χ3n) is 5.45. The number of para-hydroxylation sites is 1. The highest BCUT2D eigenvalue weighted by atomic mass is 19.1. The maximum atomic E-state index is 13.8. The van der Waals surface area contributed by atoms with Crippen molar-refractivity contribution in [3.8, 4) is 0 Å². The van der Waals surface area contributed by atoms with E-state index in [1.54, 1.807) is 24.4 Å². The second kappa shape index (κ2) is 8.86. The van der Waals surface area contributed by atoms with Crippen molar-refractivity contribution in [2.75, 3.05) is 23.3 Å². The van der Waals surface area contributed by atoms with Gasteiger partial charge in [-0.3, -0.25) is 9.78 Å². The molecule has 0 saturated carbocycles. The molecule has 29 heavy (non-hydrogen) atoms. The SMILES string of the molecule is O=C(Nc1ccccc1F)c1cc(N2CCC(Cc3ccccc3)CC2)ccn1. The van der Waals surface area contributed by atoms with Crippen molar-refractivity contribution in [2.45, 2.75) is 19.3 Å². The first-order valence-corrected chi connectivity index (χ1v) is 10.00. The van der Waals surface area contributed by atoms with E-state index < -0.39 is 11.7 Å². The Kier molecular flexibility index (Phi) is 5.84. The van der Waals surface area contributed by atoms with Gasteiger partial charge in [0.15, 0.2) is 0 Å². The quantitative estimate of drug-likeness (QED) is 0.673. The molecule has 3 aromatic rings. The molecule has 0 spiro atoms. The van der Waals surface area contributed by atoms with Gasteiger partial charge in [-0.25, -0.2) is 4.39 Å². The predicted octanol–water partition coefficient (Wildman–Crippen LogP) is 4.93. The van der Waals surface area contributed by atoms with Crippen molar-refractivity contribution >= 4 is 17.3 Å². The van der Waals surface area contributed by atoms with Gasteiger partial charge in [-0.05, 0) is 55.0 Å². The Morgan fingerprint density at radius 1 is 1.03 bits per heavy atom. The molecule has 1 aromatic heterocycles. The van der Waals surface area contributed by atoms with Gasteiger partial charge in [0.05, 0.1) is 5.69 Å². The van der Waals surface area contributed by atoms with E-state index in [1.165, 1.54) is 17.7 Å². The third kappa shape index (κ3) is 4.80. The molecule has 148 valence electrons. The van der Waals surface area contributed by atoms with Gasteiger partial charge < -0.3 is 10.2 Å². The number of hydrogen-bond donors (Lipinski definition) is 1. The summed E-state index contributed by atoms with van der Waals surface area (Å²) in [6.07, 6.45) is 4.99. The normalized spacial score (nSPS) is 14.6. The lowest BCUT2D eigenvalue weighted by molar-refractivity contribution is 0.102. The Morgan fingerprint density at radius 2 is 1.76 bits per heavy atom. The van der Waals surface area contributed by atoms with Crippen molar-refractivity contribution in [2.24, 2.45) is 5.92 Å². The highest BCUT2D eigenvalue weighted by molar-refractivity contribution is 6.03. The van der Waals surface area contributed by atoms with Crippen LogP contribution in [0.15, 0.2) is 72.9 Å². The minimum absolute atomic E-state index is 0.159. The van der Waals surface area contributed by atoms with Crippen LogP contribution >= 0.6 is 0 Å². The number of carbonyl (C=O) groups excluding carboxylic acids is 1. The number of nitrogens with one attached hydrogen (secondary N) is 1. The fourth-order valence-corrected chi connectivity index (χ4v) is 3.83. The third-order valence-corrected chi connectivity index (χ3v) is 5.45. The second-order valence-corrected chi connectivity index (χ2v) is 7.45. The fraction of sp³-hybridized carbons (Fsp3) is 0.250. The number of rotatable bonds is 5. The summed E-state index contributed by atoms with van der Waals surface area (Å²) in [5.74, 6) is -0.187. The molecule has 0 aliphatic carbocycles. The molecular formula is C24H24FN3O. The van der Waals surface area contributed by atoms with Crippen molar-refractivity contribution < 1.29 is 9.18 Å². The highest BCUT2D eigenvalue weighted by Gasteiger charge is 2.21. The smallest absolute Gasteiger partial charge is 0.274 e. The Bertz CT molecular complexity index is 969. The van der Waals surface area contributed by atoms with Crippen molar-refractivity contribution in [3.63, 3.8) is 0 Å². The number of pyridine rings is 1. The van der Waals surface area contributed by atoms with Crippen LogP contribution in [-0.4, -0.2) is 24.0 Å². The maximum Gasteiger partial charge on any atom is 0.274 e. The largest absolute Gasteiger partial charge is 0.371 e. The van der Waals surface area contributed by atoms with Crippen LogP contribution in [0.4, 0.5) is 15.8 Å². The van der Waals surface area contributed by atoms with Crippen LogP contribution in [0, 0.1) is 11.7 Å². The molecule has 1 aliphatic heterocycles. The van der Waals surface area contributed by atoms with Crippen molar-refractivity contribution in [3.05, 3.63) is 90.0 Å². The van der Waals surface area contributed by atoms with E-state index in [9.17, 15) is 9.18 Å². The van der Waals surface area contributed by atoms with Gasteiger partial charge in [0.1, 0.15) is 11.5 Å². The molecular weight excluding hydrogens is 365 g/mol. The number of hydrogen-bond acceptors (Lipinski definition) is 3. The molecule has 1 aliphatic rings. The standard InChI is InChI=1S/C24H24FN3O/c25-21-8-4-5-9-22(21)27-24(29)23-17-20(10-13-26-23)28-14-11-19(12-15-28)16-18-6-2-1-3-7-18/h1-10,13,17,19H,11-12,14-16H2,(H,27,29). The molecule has 0 unspecified atom stereocenters. The molecule has 0 bridgehead atoms. The summed E-state index contributed by atoms with van der Waals surface area (Å²) >= 11 is 0. The van der Waals surface area contributed by atoms with Gasteiger partial charge in [0.25, 0.3) is 5.91 Å². The van der Waals surface area contributed by atoms with Crippen molar-refractivity contribution in [1.82, 2.24) is 4.98 Å². The van der Waals surface area contributed by atoms with Gasteiger partial charge in [-0.2, -0.15) is 0 Å². The first-order valence-electron chi connectivity index (χ1n) is 10.00. The summed E-state index contributed by atoms with van der Waals surface area (Å²) in [5.41, 5.74) is 2.82. The Hall–Kier alpha value is -3.21. The maximum absolute atomic E-state index is 13.8. The summed E-state index contributed by atoms with van der Waals surface area (Å²) in [7, 11) is 0. The van der Waals surface area contributed by atoms with E-state index in [-0.39, 0.29) is 11.4 Å². The lowest BCUT2D eigenvalue weighted by atomic mass is 9.90. The molecule has 1 N–H and O–H groups in total. The topological polar surface area (TPSA) is 45.2 Å². The van der Waals surface area contributed by atoms with E-state index in [0.29, 0.717) is 5.92 Å². The minimum Gasteiger partial charge on any atom is -0.371 e. The summed E-state index contributed by atoms with van der Waals surface area (Å²) in [6, 6.07) is 20.5. The van der Waals surface area contributed by atoms with Gasteiger partial charge in [0.2, 0.25) is 0 Å². The number of carbonyl (C=O) groups is 1. The number of piperidine rings is 1. The average Bonchev–Trinajstić information content (AvgIpc) is 2.77. The number of benzene rings is 2. The van der Waals surface area contributed by atoms with Crippen LogP contribution in [0.3, 0.4) is 0 Å². The molecule has 0 radical (unpaired) electrons. The zero-order valence-corrected chi connectivity index (χ0v) is 16.2. The number of aromatic nitrogens is 1. The first kappa shape index (κ1) is 19.1. The van der Waals surface area contributed by atoms with E-state index in [0.717, 1.165) is 38.0 Å². The molecule has 2 heterocycles. The lowest BCUT2D eigenvalue weighted by Gasteiger charge is -2.33. The average molecular weight is 389 g/mol. The monoisotopic (exact) mass is 389 g/mol. The van der Waals surface area contributed by atoms with Gasteiger partial charge in [0, 0.05) is 25.0 Å². The second-order valence-electron chi connectivity index (χ2n) is 7.45. The van der Waals surface area contributed by atoms with Gasteiger partial charge in [-0.1, -0.05) is 42.5 Å². The first-order chi connectivity index (χ1) is 14.2. The van der Waals surface area contributed by atoms with Crippen LogP contribution in [0.25, 0.3) is 0 Å². The van der Waals surface area contributed by atoms with E-state index in [2.05, 4.69) is 45.5 Å². The van der Waals surface area contributed by atoms with Gasteiger partial charge in [-0.15, -0.1) is 0 Å². The summed E-state index contributed by atoms with van der Waals surface area (Å²) in [4.78, 5) is 19.0. The molecule has 4 nitrogen and oxygen atoms in total. The predicted molar refractivity (Wildman–Crippen MR) is 114 cm³/mol. The molecule has 4 rings (SSSR count). The molecule has 1 fully saturated rings.